The van der Waals surface area contributed by atoms with Crippen LogP contribution in [0.5, 0.6) is 0 Å². The number of thioether (sulfide) groups is 1. The standard InChI is InChI=1S/C24H32BrN3O4S/c1-3-7-14(2)27-22(31)20-24-12-16(25)19(33-24)17(18(24)23(32)28(20)10-11-29)21(30)26-13-15-8-5-4-6-9-15/h4-6,8-9,14,16-20,29H,3,7,10-13H2,1-2H3,(H,26,30)(H,27,31)/t14?,16?,17-,18+,19-,20?,24?/m1/s1. The molecule has 3 aliphatic heterocycles. The highest BCUT2D eigenvalue weighted by molar-refractivity contribution is 9.09. The van der Waals surface area contributed by atoms with Crippen LogP contribution in [0.25, 0.3) is 0 Å². The van der Waals surface area contributed by atoms with Crippen molar-refractivity contribution in [3.8, 4) is 0 Å². The molecule has 1 aromatic carbocycles. The largest absolute Gasteiger partial charge is 0.395 e. The number of alkyl halides is 1. The Balaban J connectivity index is 1.60. The van der Waals surface area contributed by atoms with Gasteiger partial charge < -0.3 is 20.6 Å². The van der Waals surface area contributed by atoms with Gasteiger partial charge in [-0.25, -0.2) is 0 Å². The zero-order valence-electron chi connectivity index (χ0n) is 19.0. The number of amides is 3. The van der Waals surface area contributed by atoms with Gasteiger partial charge in [0.25, 0.3) is 0 Å². The molecule has 3 saturated heterocycles. The minimum Gasteiger partial charge on any atom is -0.395 e. The SMILES string of the molecule is CCCC(C)NC(=O)C1N(CCO)C(=O)[C@@H]2[C@@H](C(=O)NCc3ccccc3)[C@@H]3SC12CC3Br. The molecule has 2 bridgehead atoms. The normalized spacial score (nSPS) is 33.2. The van der Waals surface area contributed by atoms with Gasteiger partial charge >= 0.3 is 0 Å². The molecule has 0 saturated carbocycles. The lowest BCUT2D eigenvalue weighted by molar-refractivity contribution is -0.140. The first-order valence-corrected chi connectivity index (χ1v) is 13.5. The maximum absolute atomic E-state index is 13.6. The van der Waals surface area contributed by atoms with E-state index in [-0.39, 0.29) is 47.0 Å². The van der Waals surface area contributed by atoms with Crippen LogP contribution in [0.4, 0.5) is 0 Å². The molecular formula is C24H32BrN3O4S. The lowest BCUT2D eigenvalue weighted by Gasteiger charge is -2.35. The zero-order valence-corrected chi connectivity index (χ0v) is 21.4. The lowest BCUT2D eigenvalue weighted by atomic mass is 9.70. The molecule has 180 valence electrons. The third kappa shape index (κ3) is 4.32. The van der Waals surface area contributed by atoms with Gasteiger partial charge in [-0.1, -0.05) is 59.6 Å². The van der Waals surface area contributed by atoms with Crippen molar-refractivity contribution in [2.24, 2.45) is 11.8 Å². The number of fused-ring (bicyclic) bond motifs is 1. The maximum atomic E-state index is 13.6. The summed E-state index contributed by atoms with van der Waals surface area (Å²) < 4.78 is -0.671. The minimum absolute atomic E-state index is 0.00244. The van der Waals surface area contributed by atoms with Crippen molar-refractivity contribution in [1.82, 2.24) is 15.5 Å². The van der Waals surface area contributed by atoms with Crippen LogP contribution in [-0.4, -0.2) is 67.8 Å². The minimum atomic E-state index is -0.691. The van der Waals surface area contributed by atoms with Gasteiger partial charge in [0.2, 0.25) is 17.7 Å². The summed E-state index contributed by atoms with van der Waals surface area (Å²) in [5, 5.41) is 15.7. The topological polar surface area (TPSA) is 98.7 Å². The Kier molecular flexibility index (Phi) is 7.41. The molecule has 0 radical (unpaired) electrons. The Hall–Kier alpha value is -1.58. The van der Waals surface area contributed by atoms with E-state index in [1.165, 1.54) is 4.90 Å². The molecule has 4 rings (SSSR count). The highest BCUT2D eigenvalue weighted by Gasteiger charge is 2.75. The number of aliphatic hydroxyl groups excluding tert-OH is 1. The zero-order chi connectivity index (χ0) is 23.8. The Morgan fingerprint density at radius 1 is 1.30 bits per heavy atom. The molecule has 1 aromatic rings. The van der Waals surface area contributed by atoms with Gasteiger partial charge in [0.15, 0.2) is 0 Å². The molecular weight excluding hydrogens is 506 g/mol. The fourth-order valence-electron chi connectivity index (χ4n) is 5.81. The summed E-state index contributed by atoms with van der Waals surface area (Å²) in [5.41, 5.74) is 0.994. The molecule has 7 nitrogen and oxygen atoms in total. The molecule has 4 unspecified atom stereocenters. The van der Waals surface area contributed by atoms with Gasteiger partial charge in [0, 0.05) is 29.2 Å². The van der Waals surface area contributed by atoms with Crippen molar-refractivity contribution in [3.05, 3.63) is 35.9 Å². The molecule has 3 N–H and O–H groups in total. The van der Waals surface area contributed by atoms with Crippen LogP contribution in [0.2, 0.25) is 0 Å². The third-order valence-electron chi connectivity index (χ3n) is 7.10. The van der Waals surface area contributed by atoms with E-state index in [1.54, 1.807) is 11.8 Å². The van der Waals surface area contributed by atoms with Gasteiger partial charge in [0.1, 0.15) is 6.04 Å². The van der Waals surface area contributed by atoms with Gasteiger partial charge in [0.05, 0.1) is 23.2 Å². The summed E-state index contributed by atoms with van der Waals surface area (Å²) >= 11 is 5.36. The van der Waals surface area contributed by atoms with Crippen molar-refractivity contribution in [2.45, 2.75) is 66.6 Å². The molecule has 3 aliphatic rings. The molecule has 7 atom stereocenters. The summed E-state index contributed by atoms with van der Waals surface area (Å²) in [6, 6.07) is 8.98. The van der Waals surface area contributed by atoms with E-state index in [9.17, 15) is 19.5 Å². The van der Waals surface area contributed by atoms with Crippen molar-refractivity contribution < 1.29 is 19.5 Å². The fraction of sp³-hybridized carbons (Fsp3) is 0.625. The van der Waals surface area contributed by atoms with Gasteiger partial charge in [-0.3, -0.25) is 14.4 Å². The first kappa shape index (κ1) is 24.5. The Bertz CT molecular complexity index is 903. The van der Waals surface area contributed by atoms with Gasteiger partial charge in [-0.2, -0.15) is 0 Å². The molecule has 3 heterocycles. The van der Waals surface area contributed by atoms with Gasteiger partial charge in [-0.05, 0) is 25.3 Å². The molecule has 0 aliphatic carbocycles. The number of β-amino-alcohol motifs (C(OH)–C–C–N with tert-alkyl or cyclic N) is 1. The number of hydrogen-bond acceptors (Lipinski definition) is 5. The van der Waals surface area contributed by atoms with Crippen molar-refractivity contribution in [3.63, 3.8) is 0 Å². The Morgan fingerprint density at radius 2 is 2.03 bits per heavy atom. The van der Waals surface area contributed by atoms with Crippen LogP contribution >= 0.6 is 27.7 Å². The quantitative estimate of drug-likeness (QED) is 0.419. The second-order valence-electron chi connectivity index (χ2n) is 9.32. The van der Waals surface area contributed by atoms with Crippen LogP contribution in [0.15, 0.2) is 30.3 Å². The van der Waals surface area contributed by atoms with E-state index in [0.717, 1.165) is 18.4 Å². The van der Waals surface area contributed by atoms with Crippen LogP contribution in [0.3, 0.4) is 0 Å². The smallest absolute Gasteiger partial charge is 0.244 e. The van der Waals surface area contributed by atoms with Gasteiger partial charge in [-0.15, -0.1) is 11.8 Å². The number of halogens is 1. The first-order valence-electron chi connectivity index (χ1n) is 11.7. The number of aliphatic hydroxyl groups is 1. The molecule has 0 aromatic heterocycles. The van der Waals surface area contributed by atoms with E-state index in [0.29, 0.717) is 13.0 Å². The van der Waals surface area contributed by atoms with Crippen LogP contribution in [0.1, 0.15) is 38.7 Å². The van der Waals surface area contributed by atoms with E-state index in [4.69, 9.17) is 0 Å². The molecule has 3 fully saturated rings. The lowest BCUT2D eigenvalue weighted by Crippen LogP contribution is -2.56. The molecule has 3 amide bonds. The average Bonchev–Trinajstić information content (AvgIpc) is 3.37. The number of carbonyl (C=O) groups excluding carboxylic acids is 3. The number of likely N-dealkylation sites (tertiary alicyclic amines) is 1. The second kappa shape index (κ2) is 9.96. The predicted molar refractivity (Wildman–Crippen MR) is 132 cm³/mol. The molecule has 9 heteroatoms. The Morgan fingerprint density at radius 3 is 2.70 bits per heavy atom. The number of nitrogens with zero attached hydrogens (tertiary/aromatic N) is 1. The monoisotopic (exact) mass is 537 g/mol. The number of hydrogen-bond donors (Lipinski definition) is 3. The van der Waals surface area contributed by atoms with Crippen LogP contribution in [0, 0.1) is 11.8 Å². The maximum Gasteiger partial charge on any atom is 0.244 e. The van der Waals surface area contributed by atoms with Crippen molar-refractivity contribution in [2.75, 3.05) is 13.2 Å². The predicted octanol–water partition coefficient (Wildman–Crippen LogP) is 2.06. The number of nitrogens with one attached hydrogen (secondary N) is 2. The van der Waals surface area contributed by atoms with E-state index >= 15 is 0 Å². The van der Waals surface area contributed by atoms with Crippen LogP contribution in [-0.2, 0) is 20.9 Å². The van der Waals surface area contributed by atoms with E-state index < -0.39 is 22.6 Å². The highest BCUT2D eigenvalue weighted by atomic mass is 79.9. The summed E-state index contributed by atoms with van der Waals surface area (Å²) in [5.74, 6) is -1.61. The average molecular weight is 539 g/mol. The summed E-state index contributed by atoms with van der Waals surface area (Å²) in [6.45, 7) is 4.30. The molecule has 1 spiro atoms. The number of rotatable bonds is 9. The summed E-state index contributed by atoms with van der Waals surface area (Å²) in [4.78, 5) is 42.0. The van der Waals surface area contributed by atoms with E-state index in [2.05, 4.69) is 33.5 Å². The fourth-order valence-corrected chi connectivity index (χ4v) is 9.42. The third-order valence-corrected chi connectivity index (χ3v) is 10.3. The number of carbonyl (C=O) groups is 3. The summed E-state index contributed by atoms with van der Waals surface area (Å²) in [6.07, 6.45) is 2.44. The number of benzene rings is 1. The van der Waals surface area contributed by atoms with Crippen molar-refractivity contribution in [1.29, 1.82) is 0 Å². The van der Waals surface area contributed by atoms with Crippen molar-refractivity contribution >= 4 is 45.4 Å². The first-order chi connectivity index (χ1) is 15.8. The Labute approximate surface area is 207 Å². The molecule has 33 heavy (non-hydrogen) atoms. The summed E-state index contributed by atoms with van der Waals surface area (Å²) in [7, 11) is 0. The second-order valence-corrected chi connectivity index (χ2v) is 12.0. The van der Waals surface area contributed by atoms with E-state index in [1.807, 2.05) is 37.3 Å². The highest BCUT2D eigenvalue weighted by Crippen LogP contribution is 2.67. The van der Waals surface area contributed by atoms with Crippen LogP contribution < -0.4 is 10.6 Å².